The molecule has 0 radical (unpaired) electrons. The molecule has 6 aliphatic heterocycles. The van der Waals surface area contributed by atoms with Gasteiger partial charge in [0.05, 0.1) is 22.3 Å². The molecule has 10 nitrogen and oxygen atoms in total. The summed E-state index contributed by atoms with van der Waals surface area (Å²) >= 11 is 0. The first-order chi connectivity index (χ1) is 17.4. The average Bonchev–Trinajstić information content (AvgIpc) is 2.90. The minimum absolute atomic E-state index is 0.00564. The highest BCUT2D eigenvalue weighted by Gasteiger charge is 2.24. The van der Waals surface area contributed by atoms with Crippen LogP contribution in [0, 0.1) is 0 Å². The summed E-state index contributed by atoms with van der Waals surface area (Å²) in [5.41, 5.74) is 0.852. The molecule has 180 valence electrons. The van der Waals surface area contributed by atoms with Gasteiger partial charge in [-0.25, -0.2) is 19.2 Å². The molecule has 10 heteroatoms. The van der Waals surface area contributed by atoms with E-state index in [1.54, 1.807) is 0 Å². The molecule has 0 spiro atoms. The van der Waals surface area contributed by atoms with Gasteiger partial charge in [0, 0.05) is 37.6 Å². The Balaban J connectivity index is 1.41. The van der Waals surface area contributed by atoms with Gasteiger partial charge in [0.2, 0.25) is 0 Å². The van der Waals surface area contributed by atoms with Crippen LogP contribution >= 0.6 is 0 Å². The largest absolute Gasteiger partial charge is 0.423 e. The lowest BCUT2D eigenvalue weighted by Crippen LogP contribution is -2.23. The quantitative estimate of drug-likeness (QED) is 0.423. The van der Waals surface area contributed by atoms with Crippen LogP contribution in [0.25, 0.3) is 0 Å². The molecule has 2 aromatic rings. The van der Waals surface area contributed by atoms with Gasteiger partial charge in [-0.3, -0.25) is 0 Å². The van der Waals surface area contributed by atoms with Gasteiger partial charge in [-0.15, -0.1) is 0 Å². The minimum Gasteiger partial charge on any atom is -0.423 e. The predicted octanol–water partition coefficient (Wildman–Crippen LogP) is 2.54. The van der Waals surface area contributed by atoms with Crippen molar-refractivity contribution in [2.75, 3.05) is 0 Å². The summed E-state index contributed by atoms with van der Waals surface area (Å²) in [6, 6.07) is 11.7. The van der Waals surface area contributed by atoms with Crippen molar-refractivity contribution in [3.63, 3.8) is 0 Å². The zero-order valence-electron chi connectivity index (χ0n) is 18.6. The standard InChI is InChI=1S/C26H18N2O8/c29-23-15-9-17(13-27-11-15)25(31)35-21-5-7-22(8-6-21)36-26(32)18-10-16(12-28-14-18)24(30)34-20-2-1-19(33-23)3-4-20/h1-8,11-14,27-28H,9-10H2. The van der Waals surface area contributed by atoms with E-state index < -0.39 is 23.9 Å². The Bertz CT molecular complexity index is 1170. The number of esters is 4. The normalized spacial score (nSPS) is 17.8. The SMILES string of the molecule is O=C1Oc2ccc(cc2)OC(=O)C2=CNC=C(C2)C(=O)Oc2ccc(cc2)OC(=O)C2=CNC=C1C2. The smallest absolute Gasteiger partial charge is 0.341 e. The van der Waals surface area contributed by atoms with Crippen LogP contribution in [0.2, 0.25) is 0 Å². The Kier molecular flexibility index (Phi) is 6.06. The van der Waals surface area contributed by atoms with Gasteiger partial charge in [-0.05, 0) is 48.5 Å². The van der Waals surface area contributed by atoms with Crippen molar-refractivity contribution in [1.29, 1.82) is 0 Å². The summed E-state index contributed by atoms with van der Waals surface area (Å²) in [5, 5.41) is 5.51. The van der Waals surface area contributed by atoms with E-state index in [9.17, 15) is 19.2 Å². The highest BCUT2D eigenvalue weighted by atomic mass is 16.5. The van der Waals surface area contributed by atoms with E-state index >= 15 is 0 Å². The van der Waals surface area contributed by atoms with Crippen LogP contribution in [0.3, 0.4) is 0 Å². The summed E-state index contributed by atoms with van der Waals surface area (Å²) in [5.74, 6) is -1.76. The number of dihydropyridines is 2. The van der Waals surface area contributed by atoms with Crippen molar-refractivity contribution in [2.45, 2.75) is 12.8 Å². The first-order valence-corrected chi connectivity index (χ1v) is 10.8. The summed E-state index contributed by atoms with van der Waals surface area (Å²) in [6.07, 6.45) is 5.73. The van der Waals surface area contributed by atoms with E-state index in [1.807, 2.05) is 0 Å². The van der Waals surface area contributed by atoms with Crippen molar-refractivity contribution in [1.82, 2.24) is 10.6 Å². The predicted molar refractivity (Wildman–Crippen MR) is 123 cm³/mol. The van der Waals surface area contributed by atoms with Crippen LogP contribution in [0.1, 0.15) is 12.8 Å². The topological polar surface area (TPSA) is 129 Å². The second-order valence-electron chi connectivity index (χ2n) is 7.87. The molecule has 36 heavy (non-hydrogen) atoms. The second kappa shape index (κ2) is 9.63. The third-order valence-electron chi connectivity index (χ3n) is 5.33. The Morgan fingerprint density at radius 2 is 0.639 bits per heavy atom. The second-order valence-corrected chi connectivity index (χ2v) is 7.87. The first kappa shape index (κ1) is 22.7. The first-order valence-electron chi connectivity index (χ1n) is 10.8. The van der Waals surface area contributed by atoms with Crippen LogP contribution in [0.15, 0.2) is 95.6 Å². The number of nitrogens with one attached hydrogen (secondary N) is 2. The van der Waals surface area contributed by atoms with Gasteiger partial charge >= 0.3 is 23.9 Å². The van der Waals surface area contributed by atoms with Crippen LogP contribution < -0.4 is 29.6 Å². The number of benzene rings is 2. The van der Waals surface area contributed by atoms with Gasteiger partial charge < -0.3 is 29.6 Å². The summed E-state index contributed by atoms with van der Waals surface area (Å²) in [7, 11) is 0. The van der Waals surface area contributed by atoms with Crippen LogP contribution in [-0.2, 0) is 19.2 Å². The monoisotopic (exact) mass is 486 g/mol. The van der Waals surface area contributed by atoms with E-state index in [2.05, 4.69) is 10.6 Å². The molecule has 0 atom stereocenters. The molecule has 0 saturated carbocycles. The number of ether oxygens (including phenoxy) is 4. The zero-order chi connectivity index (χ0) is 25.1. The third-order valence-corrected chi connectivity index (χ3v) is 5.33. The number of carbonyl (C=O) groups excluding carboxylic acids is 4. The number of carbonyl (C=O) groups is 4. The van der Waals surface area contributed by atoms with E-state index in [-0.39, 0.29) is 58.1 Å². The van der Waals surface area contributed by atoms with E-state index in [0.717, 1.165) is 0 Å². The van der Waals surface area contributed by atoms with Gasteiger partial charge in [-0.1, -0.05) is 0 Å². The van der Waals surface area contributed by atoms with Gasteiger partial charge in [-0.2, -0.15) is 0 Å². The summed E-state index contributed by atoms with van der Waals surface area (Å²) in [6.45, 7) is 0. The molecule has 0 saturated heterocycles. The van der Waals surface area contributed by atoms with Crippen molar-refractivity contribution >= 4 is 23.9 Å². The van der Waals surface area contributed by atoms with E-state index in [0.29, 0.717) is 0 Å². The van der Waals surface area contributed by atoms with Crippen molar-refractivity contribution < 1.29 is 38.1 Å². The maximum atomic E-state index is 12.6. The fourth-order valence-electron chi connectivity index (χ4n) is 3.47. The molecule has 8 bridgehead atoms. The molecule has 0 unspecified atom stereocenters. The van der Waals surface area contributed by atoms with E-state index in [4.69, 9.17) is 18.9 Å². The third kappa shape index (κ3) is 5.02. The Hall–Kier alpha value is -5.12. The molecule has 2 aromatic carbocycles. The van der Waals surface area contributed by atoms with Crippen molar-refractivity contribution in [2.24, 2.45) is 0 Å². The highest BCUT2D eigenvalue weighted by molar-refractivity contribution is 5.98. The lowest BCUT2D eigenvalue weighted by molar-refractivity contribution is -0.132. The number of hydrogen-bond acceptors (Lipinski definition) is 10. The molecular weight excluding hydrogens is 468 g/mol. The molecule has 0 aliphatic carbocycles. The van der Waals surface area contributed by atoms with E-state index in [1.165, 1.54) is 73.3 Å². The van der Waals surface area contributed by atoms with Crippen LogP contribution in [0.5, 0.6) is 23.0 Å². The molecule has 6 aliphatic rings. The molecular formula is C26H18N2O8. The molecule has 0 amide bonds. The van der Waals surface area contributed by atoms with Gasteiger partial charge in [0.1, 0.15) is 23.0 Å². The maximum absolute atomic E-state index is 12.6. The lowest BCUT2D eigenvalue weighted by Gasteiger charge is -2.16. The van der Waals surface area contributed by atoms with Gasteiger partial charge in [0.15, 0.2) is 0 Å². The molecule has 0 fully saturated rings. The molecule has 8 rings (SSSR count). The summed E-state index contributed by atoms with van der Waals surface area (Å²) < 4.78 is 21.5. The van der Waals surface area contributed by atoms with Crippen molar-refractivity contribution in [3.05, 3.63) is 95.6 Å². The highest BCUT2D eigenvalue weighted by Crippen LogP contribution is 2.26. The number of hydrogen-bond donors (Lipinski definition) is 2. The average molecular weight is 486 g/mol. The van der Waals surface area contributed by atoms with Crippen molar-refractivity contribution in [3.8, 4) is 23.0 Å². The fourth-order valence-corrected chi connectivity index (χ4v) is 3.47. The molecule has 0 aromatic heterocycles. The fraction of sp³-hybridized carbons (Fsp3) is 0.0769. The molecule has 2 N–H and O–H groups in total. The zero-order valence-corrected chi connectivity index (χ0v) is 18.6. The van der Waals surface area contributed by atoms with Crippen LogP contribution in [0.4, 0.5) is 0 Å². The summed E-state index contributed by atoms with van der Waals surface area (Å²) in [4.78, 5) is 50.4. The Morgan fingerprint density at radius 3 is 0.861 bits per heavy atom. The van der Waals surface area contributed by atoms with Crippen LogP contribution in [-0.4, -0.2) is 23.9 Å². The minimum atomic E-state index is -0.656. The number of rotatable bonds is 0. The lowest BCUT2D eigenvalue weighted by atomic mass is 10.0. The molecule has 6 heterocycles. The maximum Gasteiger partial charge on any atom is 0.341 e. The Labute approximate surface area is 204 Å². The Morgan fingerprint density at radius 1 is 0.417 bits per heavy atom. The van der Waals surface area contributed by atoms with Gasteiger partial charge in [0.25, 0.3) is 0 Å².